The van der Waals surface area contributed by atoms with Crippen LogP contribution in [0.4, 0.5) is 0 Å². The van der Waals surface area contributed by atoms with Gasteiger partial charge in [-0.3, -0.25) is 9.69 Å². The molecule has 1 aromatic heterocycles. The summed E-state index contributed by atoms with van der Waals surface area (Å²) in [7, 11) is 0. The van der Waals surface area contributed by atoms with Crippen molar-refractivity contribution in [3.63, 3.8) is 0 Å². The maximum Gasteiger partial charge on any atom is 0.237 e. The molecule has 3 unspecified atom stereocenters. The number of piperidine rings is 1. The fraction of sp³-hybridized carbons (Fsp3) is 0.722. The lowest BCUT2D eigenvalue weighted by atomic mass is 9.96. The molecule has 0 aromatic carbocycles. The Bertz CT molecular complexity index is 505. The van der Waals surface area contributed by atoms with Gasteiger partial charge in [-0.1, -0.05) is 19.4 Å². The topological polar surface area (TPSA) is 43.8 Å². The second kappa shape index (κ2) is 7.77. The number of hydrogen-bond donors (Lipinski definition) is 1. The molecular weight excluding hydrogens is 308 g/mol. The smallest absolute Gasteiger partial charge is 0.237 e. The van der Waals surface area contributed by atoms with E-state index >= 15 is 0 Å². The molecule has 0 radical (unpaired) electrons. The van der Waals surface area contributed by atoms with Gasteiger partial charge < -0.3 is 10.0 Å². The molecule has 2 aliphatic rings. The molecule has 2 fully saturated rings. The number of aliphatic hydroxyl groups excluding tert-OH is 1. The Kier molecular flexibility index (Phi) is 5.72. The predicted octanol–water partition coefficient (Wildman–Crippen LogP) is 3.04. The third kappa shape index (κ3) is 3.78. The Morgan fingerprint density at radius 2 is 2.22 bits per heavy atom. The van der Waals surface area contributed by atoms with Gasteiger partial charge >= 0.3 is 0 Å². The van der Waals surface area contributed by atoms with Crippen molar-refractivity contribution in [3.05, 3.63) is 22.4 Å². The Hall–Kier alpha value is -0.910. The van der Waals surface area contributed by atoms with Gasteiger partial charge in [0.25, 0.3) is 0 Å². The average Bonchev–Trinajstić information content (AvgIpc) is 3.25. The normalized spacial score (nSPS) is 27.3. The van der Waals surface area contributed by atoms with Crippen molar-refractivity contribution in [1.82, 2.24) is 9.80 Å². The predicted molar refractivity (Wildman–Crippen MR) is 93.5 cm³/mol. The second-order valence-corrected chi connectivity index (χ2v) is 7.75. The summed E-state index contributed by atoms with van der Waals surface area (Å²) in [5.74, 6) is 0.233. The number of nitrogens with zero attached hydrogens (tertiary/aromatic N) is 2. The van der Waals surface area contributed by atoms with Crippen LogP contribution in [0.1, 0.15) is 56.4 Å². The summed E-state index contributed by atoms with van der Waals surface area (Å²) in [6.07, 6.45) is 5.92. The molecule has 3 rings (SSSR count). The number of aliphatic hydroxyl groups is 1. The van der Waals surface area contributed by atoms with Crippen molar-refractivity contribution in [2.45, 2.75) is 63.6 Å². The summed E-state index contributed by atoms with van der Waals surface area (Å²) in [5, 5.41) is 12.4. The fourth-order valence-corrected chi connectivity index (χ4v) is 4.90. The highest BCUT2D eigenvalue weighted by Crippen LogP contribution is 2.34. The molecule has 2 saturated heterocycles. The summed E-state index contributed by atoms with van der Waals surface area (Å²) < 4.78 is 0. The van der Waals surface area contributed by atoms with E-state index in [2.05, 4.69) is 27.3 Å². The van der Waals surface area contributed by atoms with E-state index in [1.165, 1.54) is 4.88 Å². The van der Waals surface area contributed by atoms with Gasteiger partial charge in [0, 0.05) is 17.5 Å². The van der Waals surface area contributed by atoms with Crippen molar-refractivity contribution in [1.29, 1.82) is 0 Å². The second-order valence-electron chi connectivity index (χ2n) is 6.77. The monoisotopic (exact) mass is 336 g/mol. The third-order valence-corrected chi connectivity index (χ3v) is 6.28. The molecule has 0 spiro atoms. The molecule has 0 saturated carbocycles. The standard InChI is InChI=1S/C18H28N2O2S/c1-2-16(21)14-7-3-4-10-19(14)13-18(22)20-11-5-8-15(20)17-9-6-12-23-17/h6,9,12,14-16,21H,2-5,7-8,10-11,13H2,1H3. The third-order valence-electron chi connectivity index (χ3n) is 5.31. The van der Waals surface area contributed by atoms with E-state index in [9.17, 15) is 9.90 Å². The first-order valence-electron chi connectivity index (χ1n) is 8.95. The van der Waals surface area contributed by atoms with Gasteiger partial charge in [0.1, 0.15) is 0 Å². The van der Waals surface area contributed by atoms with Crippen molar-refractivity contribution in [3.8, 4) is 0 Å². The van der Waals surface area contributed by atoms with Crippen LogP contribution in [0, 0.1) is 0 Å². The van der Waals surface area contributed by atoms with E-state index in [1.807, 2.05) is 6.92 Å². The highest BCUT2D eigenvalue weighted by molar-refractivity contribution is 7.10. The Morgan fingerprint density at radius 1 is 1.35 bits per heavy atom. The zero-order valence-electron chi connectivity index (χ0n) is 14.0. The van der Waals surface area contributed by atoms with E-state index in [0.29, 0.717) is 6.54 Å². The van der Waals surface area contributed by atoms with Crippen molar-refractivity contribution in [2.24, 2.45) is 0 Å². The van der Waals surface area contributed by atoms with E-state index < -0.39 is 0 Å². The summed E-state index contributed by atoms with van der Waals surface area (Å²) in [4.78, 5) is 18.5. The van der Waals surface area contributed by atoms with E-state index in [4.69, 9.17) is 0 Å². The Balaban J connectivity index is 1.65. The van der Waals surface area contributed by atoms with E-state index in [1.54, 1.807) is 11.3 Å². The van der Waals surface area contributed by atoms with Crippen LogP contribution in [0.15, 0.2) is 17.5 Å². The Labute approximate surface area is 143 Å². The highest BCUT2D eigenvalue weighted by Gasteiger charge is 2.34. The lowest BCUT2D eigenvalue weighted by Gasteiger charge is -2.39. The first kappa shape index (κ1) is 16.9. The van der Waals surface area contributed by atoms with Gasteiger partial charge in [0.05, 0.1) is 18.7 Å². The fourth-order valence-electron chi connectivity index (χ4n) is 4.03. The molecule has 3 atom stereocenters. The largest absolute Gasteiger partial charge is 0.392 e. The molecule has 1 N–H and O–H groups in total. The van der Waals surface area contributed by atoms with Gasteiger partial charge in [-0.15, -0.1) is 11.3 Å². The number of amides is 1. The molecule has 3 heterocycles. The summed E-state index contributed by atoms with van der Waals surface area (Å²) in [6.45, 7) is 4.29. The number of rotatable bonds is 5. The quantitative estimate of drug-likeness (QED) is 0.899. The molecule has 5 heteroatoms. The minimum atomic E-state index is -0.310. The van der Waals surface area contributed by atoms with Crippen molar-refractivity contribution in [2.75, 3.05) is 19.6 Å². The van der Waals surface area contributed by atoms with Crippen LogP contribution in [0.2, 0.25) is 0 Å². The van der Waals surface area contributed by atoms with Gasteiger partial charge in [-0.25, -0.2) is 0 Å². The lowest BCUT2D eigenvalue weighted by molar-refractivity contribution is -0.135. The van der Waals surface area contributed by atoms with Crippen molar-refractivity contribution < 1.29 is 9.90 Å². The SMILES string of the molecule is CCC(O)C1CCCCN1CC(=O)N1CCCC1c1cccs1. The summed E-state index contributed by atoms with van der Waals surface area (Å²) >= 11 is 1.75. The Morgan fingerprint density at radius 3 is 2.96 bits per heavy atom. The number of carbonyl (C=O) groups excluding carboxylic acids is 1. The maximum atomic E-state index is 12.9. The van der Waals surface area contributed by atoms with Gasteiger partial charge in [-0.2, -0.15) is 0 Å². The molecule has 2 aliphatic heterocycles. The van der Waals surface area contributed by atoms with Crippen LogP contribution in [-0.2, 0) is 4.79 Å². The lowest BCUT2D eigenvalue weighted by Crippen LogP contribution is -2.51. The number of hydrogen-bond acceptors (Lipinski definition) is 4. The first-order chi connectivity index (χ1) is 11.2. The molecule has 1 aromatic rings. The minimum absolute atomic E-state index is 0.153. The van der Waals surface area contributed by atoms with E-state index in [-0.39, 0.29) is 24.1 Å². The zero-order valence-corrected chi connectivity index (χ0v) is 14.8. The average molecular weight is 337 g/mol. The van der Waals surface area contributed by atoms with Crippen LogP contribution < -0.4 is 0 Å². The maximum absolute atomic E-state index is 12.9. The van der Waals surface area contributed by atoms with Crippen LogP contribution in [-0.4, -0.2) is 52.6 Å². The van der Waals surface area contributed by atoms with E-state index in [0.717, 1.165) is 51.6 Å². The van der Waals surface area contributed by atoms with Crippen LogP contribution in [0.3, 0.4) is 0 Å². The molecule has 1 amide bonds. The number of carbonyl (C=O) groups is 1. The molecule has 0 aliphatic carbocycles. The van der Waals surface area contributed by atoms with Gasteiger partial charge in [-0.05, 0) is 50.1 Å². The van der Waals surface area contributed by atoms with Gasteiger partial charge in [0.15, 0.2) is 0 Å². The van der Waals surface area contributed by atoms with Gasteiger partial charge in [0.2, 0.25) is 5.91 Å². The molecular formula is C18H28N2O2S. The first-order valence-corrected chi connectivity index (χ1v) is 9.83. The molecule has 128 valence electrons. The van der Waals surface area contributed by atoms with Crippen LogP contribution in [0.5, 0.6) is 0 Å². The molecule has 4 nitrogen and oxygen atoms in total. The highest BCUT2D eigenvalue weighted by atomic mass is 32.1. The number of thiophene rings is 1. The summed E-state index contributed by atoms with van der Waals surface area (Å²) in [5.41, 5.74) is 0. The molecule has 23 heavy (non-hydrogen) atoms. The minimum Gasteiger partial charge on any atom is -0.392 e. The number of likely N-dealkylation sites (tertiary alicyclic amines) is 2. The molecule has 0 bridgehead atoms. The van der Waals surface area contributed by atoms with Crippen LogP contribution in [0.25, 0.3) is 0 Å². The van der Waals surface area contributed by atoms with Crippen LogP contribution >= 0.6 is 11.3 Å². The summed E-state index contributed by atoms with van der Waals surface area (Å²) in [6, 6.07) is 4.63. The van der Waals surface area contributed by atoms with Crippen molar-refractivity contribution >= 4 is 17.2 Å². The zero-order chi connectivity index (χ0) is 16.2.